The molecule has 1 aromatic carbocycles. The molecular weight excluding hydrogens is 386 g/mol. The van der Waals surface area contributed by atoms with E-state index in [1.54, 1.807) is 30.6 Å². The van der Waals surface area contributed by atoms with Crippen molar-refractivity contribution in [3.05, 3.63) is 77.8 Å². The number of carbonyl (C=O) groups is 1. The fraction of sp³-hybridized carbons (Fsp3) is 0.261. The summed E-state index contributed by atoms with van der Waals surface area (Å²) in [5.41, 5.74) is 7.79. The van der Waals surface area contributed by atoms with Gasteiger partial charge in [-0.1, -0.05) is 12.1 Å². The van der Waals surface area contributed by atoms with Crippen LogP contribution in [-0.4, -0.2) is 34.9 Å². The van der Waals surface area contributed by atoms with Gasteiger partial charge in [-0.15, -0.1) is 0 Å². The number of carbonyl (C=O) groups excluding carboxylic acids is 1. The minimum Gasteiger partial charge on any atom is -0.370 e. The molecule has 0 amide bonds. The van der Waals surface area contributed by atoms with Crippen LogP contribution in [0, 0.1) is 11.6 Å². The first-order valence-electron chi connectivity index (χ1n) is 9.91. The van der Waals surface area contributed by atoms with Crippen LogP contribution in [-0.2, 0) is 6.42 Å². The van der Waals surface area contributed by atoms with Gasteiger partial charge in [0.1, 0.15) is 11.5 Å². The van der Waals surface area contributed by atoms with Gasteiger partial charge in [-0.3, -0.25) is 9.78 Å². The highest BCUT2D eigenvalue weighted by atomic mass is 19.1. The van der Waals surface area contributed by atoms with E-state index in [-0.39, 0.29) is 29.4 Å². The number of hydrogen-bond donors (Lipinski definition) is 1. The lowest BCUT2D eigenvalue weighted by Gasteiger charge is -2.33. The lowest BCUT2D eigenvalue weighted by atomic mass is 10.0. The molecule has 0 spiro atoms. The number of ketones is 1. The van der Waals surface area contributed by atoms with Crippen molar-refractivity contribution >= 4 is 11.5 Å². The molecule has 1 aliphatic heterocycles. The fourth-order valence-corrected chi connectivity index (χ4v) is 3.81. The van der Waals surface area contributed by atoms with Crippen LogP contribution in [0.5, 0.6) is 0 Å². The average molecular weight is 408 g/mol. The van der Waals surface area contributed by atoms with Gasteiger partial charge < -0.3 is 10.6 Å². The number of nitrogens with zero attached hydrogens (tertiary/aromatic N) is 3. The van der Waals surface area contributed by atoms with Crippen molar-refractivity contribution in [3.8, 4) is 11.3 Å². The van der Waals surface area contributed by atoms with Crippen LogP contribution < -0.4 is 10.6 Å². The summed E-state index contributed by atoms with van der Waals surface area (Å²) in [6, 6.07) is 10.5. The van der Waals surface area contributed by atoms with E-state index in [0.29, 0.717) is 12.1 Å². The normalized spacial score (nSPS) is 16.5. The van der Waals surface area contributed by atoms with E-state index in [9.17, 15) is 13.6 Å². The van der Waals surface area contributed by atoms with Crippen LogP contribution in [0.4, 0.5) is 14.5 Å². The number of rotatable bonds is 5. The van der Waals surface area contributed by atoms with Gasteiger partial charge in [0.05, 0.1) is 5.69 Å². The third-order valence-corrected chi connectivity index (χ3v) is 5.29. The van der Waals surface area contributed by atoms with Crippen LogP contribution in [0.2, 0.25) is 0 Å². The molecular formula is C23H22F2N4O. The Morgan fingerprint density at radius 1 is 1.13 bits per heavy atom. The van der Waals surface area contributed by atoms with Crippen molar-refractivity contribution < 1.29 is 13.6 Å². The van der Waals surface area contributed by atoms with Crippen molar-refractivity contribution in [2.24, 2.45) is 5.73 Å². The molecule has 0 saturated carbocycles. The summed E-state index contributed by atoms with van der Waals surface area (Å²) in [5, 5.41) is 0. The summed E-state index contributed by atoms with van der Waals surface area (Å²) in [5.74, 6) is -1.70. The molecule has 0 unspecified atom stereocenters. The summed E-state index contributed by atoms with van der Waals surface area (Å²) < 4.78 is 28.5. The number of benzene rings is 1. The maximum atomic E-state index is 14.4. The van der Waals surface area contributed by atoms with Crippen LogP contribution >= 0.6 is 0 Å². The highest BCUT2D eigenvalue weighted by Crippen LogP contribution is 2.26. The van der Waals surface area contributed by atoms with Crippen molar-refractivity contribution in [2.45, 2.75) is 25.3 Å². The molecule has 1 saturated heterocycles. The predicted octanol–water partition coefficient (Wildman–Crippen LogP) is 3.77. The maximum absolute atomic E-state index is 14.4. The van der Waals surface area contributed by atoms with Gasteiger partial charge in [-0.25, -0.2) is 13.8 Å². The van der Waals surface area contributed by atoms with Crippen molar-refractivity contribution in [1.82, 2.24) is 9.97 Å². The Bertz CT molecular complexity index is 1070. The van der Waals surface area contributed by atoms with E-state index in [1.165, 1.54) is 12.1 Å². The minimum atomic E-state index is -0.731. The second kappa shape index (κ2) is 8.67. The summed E-state index contributed by atoms with van der Waals surface area (Å²) in [4.78, 5) is 23.3. The summed E-state index contributed by atoms with van der Waals surface area (Å²) in [6.07, 6.45) is 5.16. The highest BCUT2D eigenvalue weighted by Gasteiger charge is 2.22. The highest BCUT2D eigenvalue weighted by molar-refractivity contribution is 5.97. The standard InChI is InChI=1S/C23H22F2N4O/c24-18-6-2-1-5-17(18)20-8-7-19(25)23(28-20)22(30)12-15-13-27-10-9-21(15)29-11-3-4-16(26)14-29/h1-2,5-10,13,16H,3-4,11-12,14,26H2/t16-/m0/s1. The number of anilines is 1. The third kappa shape index (κ3) is 4.21. The molecule has 154 valence electrons. The van der Waals surface area contributed by atoms with E-state index in [0.717, 1.165) is 31.1 Å². The second-order valence-corrected chi connectivity index (χ2v) is 7.46. The Balaban J connectivity index is 1.62. The SMILES string of the molecule is N[C@H]1CCCN(c2ccncc2CC(=O)c2nc(-c3ccccc3F)ccc2F)C1. The monoisotopic (exact) mass is 408 g/mol. The second-order valence-electron chi connectivity index (χ2n) is 7.46. The first-order chi connectivity index (χ1) is 14.5. The first-order valence-corrected chi connectivity index (χ1v) is 9.91. The van der Waals surface area contributed by atoms with Crippen molar-refractivity contribution in [3.63, 3.8) is 0 Å². The lowest BCUT2D eigenvalue weighted by molar-refractivity contribution is 0.0984. The first kappa shape index (κ1) is 20.1. The summed E-state index contributed by atoms with van der Waals surface area (Å²) in [7, 11) is 0. The molecule has 30 heavy (non-hydrogen) atoms. The Kier molecular flexibility index (Phi) is 5.81. The molecule has 3 heterocycles. The number of halogens is 2. The Morgan fingerprint density at radius 3 is 2.77 bits per heavy atom. The van der Waals surface area contributed by atoms with Crippen LogP contribution in [0.3, 0.4) is 0 Å². The number of hydrogen-bond acceptors (Lipinski definition) is 5. The molecule has 4 rings (SSSR count). The zero-order valence-electron chi connectivity index (χ0n) is 16.4. The Morgan fingerprint density at radius 2 is 1.97 bits per heavy atom. The number of piperidine rings is 1. The number of pyridine rings is 2. The van der Waals surface area contributed by atoms with Gasteiger partial charge in [-0.05, 0) is 43.2 Å². The molecule has 0 aliphatic carbocycles. The lowest BCUT2D eigenvalue weighted by Crippen LogP contribution is -2.43. The molecule has 1 fully saturated rings. The molecule has 2 aromatic heterocycles. The number of Topliss-reactive ketones (excluding diaryl/α,β-unsaturated/α-hetero) is 1. The van der Waals surface area contributed by atoms with Gasteiger partial charge in [0.25, 0.3) is 0 Å². The molecule has 5 nitrogen and oxygen atoms in total. The van der Waals surface area contributed by atoms with Crippen molar-refractivity contribution in [1.29, 1.82) is 0 Å². The summed E-state index contributed by atoms with van der Waals surface area (Å²) in [6.45, 7) is 1.54. The maximum Gasteiger partial charge on any atom is 0.188 e. The van der Waals surface area contributed by atoms with Gasteiger partial charge in [-0.2, -0.15) is 0 Å². The molecule has 3 aromatic rings. The van der Waals surface area contributed by atoms with Gasteiger partial charge in [0.15, 0.2) is 11.6 Å². The molecule has 2 N–H and O–H groups in total. The third-order valence-electron chi connectivity index (χ3n) is 5.29. The quantitative estimate of drug-likeness (QED) is 0.651. The van der Waals surface area contributed by atoms with Crippen LogP contribution in [0.15, 0.2) is 54.9 Å². The number of nitrogens with two attached hydrogens (primary N) is 1. The van der Waals surface area contributed by atoms with E-state index in [4.69, 9.17) is 5.73 Å². The molecule has 0 bridgehead atoms. The summed E-state index contributed by atoms with van der Waals surface area (Å²) >= 11 is 0. The zero-order valence-corrected chi connectivity index (χ0v) is 16.4. The smallest absolute Gasteiger partial charge is 0.188 e. The van der Waals surface area contributed by atoms with Crippen molar-refractivity contribution in [2.75, 3.05) is 18.0 Å². The van der Waals surface area contributed by atoms with E-state index in [1.807, 2.05) is 6.07 Å². The van der Waals surface area contributed by atoms with Gasteiger partial charge in [0, 0.05) is 54.8 Å². The minimum absolute atomic E-state index is 0.0560. The predicted molar refractivity (Wildman–Crippen MR) is 111 cm³/mol. The van der Waals surface area contributed by atoms with Crippen LogP contribution in [0.1, 0.15) is 28.9 Å². The largest absolute Gasteiger partial charge is 0.370 e. The van der Waals surface area contributed by atoms with Gasteiger partial charge >= 0.3 is 0 Å². The number of aromatic nitrogens is 2. The molecule has 7 heteroatoms. The Hall–Kier alpha value is -3.19. The molecule has 0 radical (unpaired) electrons. The Labute approximate surface area is 173 Å². The van der Waals surface area contributed by atoms with Crippen LogP contribution in [0.25, 0.3) is 11.3 Å². The molecule has 1 atom stereocenters. The topological polar surface area (TPSA) is 72.1 Å². The van der Waals surface area contributed by atoms with E-state index >= 15 is 0 Å². The van der Waals surface area contributed by atoms with Gasteiger partial charge in [0.2, 0.25) is 0 Å². The van der Waals surface area contributed by atoms with E-state index < -0.39 is 17.4 Å². The fourth-order valence-electron chi connectivity index (χ4n) is 3.81. The zero-order chi connectivity index (χ0) is 21.1. The average Bonchev–Trinajstić information content (AvgIpc) is 2.75. The van der Waals surface area contributed by atoms with E-state index in [2.05, 4.69) is 14.9 Å². The molecule has 1 aliphatic rings.